The van der Waals surface area contributed by atoms with Gasteiger partial charge < -0.3 is 25.4 Å². The highest BCUT2D eigenvalue weighted by Crippen LogP contribution is 2.34. The van der Waals surface area contributed by atoms with Gasteiger partial charge in [-0.3, -0.25) is 24.2 Å². The first-order valence-corrected chi connectivity index (χ1v) is 17.3. The minimum atomic E-state index is -1.16. The number of carboxylic acid groups (broad SMARTS) is 1. The molecular weight excluding hydrogens is 586 g/mol. The monoisotopic (exact) mass is 639 g/mol. The molecule has 0 radical (unpaired) electrons. The average Bonchev–Trinajstić information content (AvgIpc) is 3.50. The van der Waals surface area contributed by atoms with Crippen molar-refractivity contribution in [3.05, 3.63) is 29.8 Å². The number of benzene rings is 1. The van der Waals surface area contributed by atoms with Crippen LogP contribution in [0.4, 0.5) is 4.79 Å². The fourth-order valence-electron chi connectivity index (χ4n) is 7.60. The molecule has 3 N–H and O–H groups in total. The second-order valence-electron chi connectivity index (χ2n) is 14.9. The molecule has 254 valence electrons. The lowest BCUT2D eigenvalue weighted by Gasteiger charge is -2.45. The number of nitrogens with one attached hydrogen (secondary N) is 2. The Bertz CT molecular complexity index is 1260. The van der Waals surface area contributed by atoms with E-state index in [0.717, 1.165) is 62.8 Å². The Morgan fingerprint density at radius 2 is 1.76 bits per heavy atom. The Hall–Kier alpha value is -3.34. The Labute approximate surface area is 273 Å². The zero-order valence-electron chi connectivity index (χ0n) is 28.0. The van der Waals surface area contributed by atoms with Crippen molar-refractivity contribution in [1.82, 2.24) is 25.3 Å². The smallest absolute Gasteiger partial charge is 0.407 e. The fraction of sp³-hybridized carbons (Fsp3) is 0.714. The van der Waals surface area contributed by atoms with E-state index in [1.807, 2.05) is 45.0 Å². The predicted octanol–water partition coefficient (Wildman–Crippen LogP) is 4.17. The summed E-state index contributed by atoms with van der Waals surface area (Å²) >= 11 is 0. The second-order valence-corrected chi connectivity index (χ2v) is 14.9. The number of fused-ring (bicyclic) bond motifs is 2. The van der Waals surface area contributed by atoms with E-state index in [1.54, 1.807) is 11.8 Å². The second kappa shape index (κ2) is 14.6. The highest BCUT2D eigenvalue weighted by Gasteiger charge is 2.46. The number of amides is 4. The minimum absolute atomic E-state index is 0.0713. The summed E-state index contributed by atoms with van der Waals surface area (Å²) in [6.07, 6.45) is 6.69. The maximum Gasteiger partial charge on any atom is 0.407 e. The summed E-state index contributed by atoms with van der Waals surface area (Å²) in [4.78, 5) is 59.9. The Kier molecular flexibility index (Phi) is 10.8. The predicted molar refractivity (Wildman–Crippen MR) is 174 cm³/mol. The number of hydrogen-bond donors (Lipinski definition) is 3. The van der Waals surface area contributed by atoms with Gasteiger partial charge in [-0.15, -0.1) is 0 Å². The van der Waals surface area contributed by atoms with Crippen LogP contribution in [0.1, 0.15) is 97.1 Å². The molecule has 4 amide bonds. The van der Waals surface area contributed by atoms with Crippen LogP contribution in [-0.4, -0.2) is 101 Å². The maximum atomic E-state index is 14.7. The highest BCUT2D eigenvalue weighted by molar-refractivity contribution is 5.94. The summed E-state index contributed by atoms with van der Waals surface area (Å²) in [7, 11) is 0. The van der Waals surface area contributed by atoms with Crippen LogP contribution in [0.3, 0.4) is 0 Å². The Balaban J connectivity index is 1.37. The third-order valence-corrected chi connectivity index (χ3v) is 10.4. The van der Waals surface area contributed by atoms with E-state index in [2.05, 4.69) is 15.5 Å². The average molecular weight is 640 g/mol. The van der Waals surface area contributed by atoms with Gasteiger partial charge in [0.1, 0.15) is 23.9 Å². The molecule has 11 heteroatoms. The normalized spacial score (nSPS) is 25.0. The van der Waals surface area contributed by atoms with Gasteiger partial charge >= 0.3 is 6.09 Å². The molecule has 11 nitrogen and oxygen atoms in total. The van der Waals surface area contributed by atoms with Gasteiger partial charge in [0.15, 0.2) is 0 Å². The number of piperazine rings is 1. The van der Waals surface area contributed by atoms with Crippen LogP contribution >= 0.6 is 0 Å². The highest BCUT2D eigenvalue weighted by atomic mass is 16.5. The van der Waals surface area contributed by atoms with Crippen molar-refractivity contribution in [2.75, 3.05) is 32.8 Å². The molecule has 3 fully saturated rings. The van der Waals surface area contributed by atoms with Crippen molar-refractivity contribution in [3.63, 3.8) is 0 Å². The van der Waals surface area contributed by atoms with Crippen molar-refractivity contribution in [2.24, 2.45) is 11.3 Å². The number of carbonyl (C=O) groups excluding carboxylic acids is 3. The number of nitrogens with zero attached hydrogens (tertiary/aromatic N) is 3. The number of para-hydroxylation sites is 1. The lowest BCUT2D eigenvalue weighted by molar-refractivity contribution is -0.150. The molecule has 0 bridgehead atoms. The molecule has 0 aromatic heterocycles. The van der Waals surface area contributed by atoms with E-state index < -0.39 is 30.1 Å². The molecule has 5 rings (SSSR count). The van der Waals surface area contributed by atoms with E-state index in [4.69, 9.17) is 4.74 Å². The molecule has 4 aliphatic rings. The van der Waals surface area contributed by atoms with Gasteiger partial charge in [-0.2, -0.15) is 0 Å². The van der Waals surface area contributed by atoms with Crippen molar-refractivity contribution < 1.29 is 29.0 Å². The van der Waals surface area contributed by atoms with Crippen molar-refractivity contribution in [1.29, 1.82) is 0 Å². The molecule has 1 saturated carbocycles. The molecular formula is C35H53N5O6. The van der Waals surface area contributed by atoms with Crippen LogP contribution in [0.15, 0.2) is 24.3 Å². The molecule has 5 atom stereocenters. The van der Waals surface area contributed by atoms with E-state index >= 15 is 0 Å². The first-order chi connectivity index (χ1) is 21.9. The van der Waals surface area contributed by atoms with E-state index in [-0.39, 0.29) is 41.8 Å². The first kappa shape index (κ1) is 34.0. The van der Waals surface area contributed by atoms with E-state index in [1.165, 1.54) is 4.90 Å². The molecule has 3 aliphatic heterocycles. The first-order valence-electron chi connectivity index (χ1n) is 17.3. The summed E-state index contributed by atoms with van der Waals surface area (Å²) in [5, 5.41) is 16.3. The lowest BCUT2D eigenvalue weighted by Crippen LogP contribution is -2.66. The topological polar surface area (TPSA) is 132 Å². The van der Waals surface area contributed by atoms with Gasteiger partial charge in [-0.25, -0.2) is 4.79 Å². The van der Waals surface area contributed by atoms with Crippen LogP contribution in [-0.2, 0) is 14.4 Å². The number of rotatable bonds is 9. The third-order valence-electron chi connectivity index (χ3n) is 10.4. The van der Waals surface area contributed by atoms with Crippen LogP contribution < -0.4 is 15.4 Å². The molecule has 3 heterocycles. The maximum absolute atomic E-state index is 14.7. The van der Waals surface area contributed by atoms with Crippen LogP contribution in [0.2, 0.25) is 0 Å². The Morgan fingerprint density at radius 3 is 2.48 bits per heavy atom. The van der Waals surface area contributed by atoms with Crippen molar-refractivity contribution in [2.45, 2.75) is 116 Å². The van der Waals surface area contributed by atoms with Crippen LogP contribution in [0.5, 0.6) is 5.75 Å². The third kappa shape index (κ3) is 7.96. The molecule has 2 saturated heterocycles. The summed E-state index contributed by atoms with van der Waals surface area (Å²) in [5.41, 5.74) is 0.834. The largest absolute Gasteiger partial charge is 0.493 e. The van der Waals surface area contributed by atoms with Crippen LogP contribution in [0, 0.1) is 11.3 Å². The molecule has 0 unspecified atom stereocenters. The fourth-order valence-corrected chi connectivity index (χ4v) is 7.60. The summed E-state index contributed by atoms with van der Waals surface area (Å²) in [6.45, 7) is 10.2. The summed E-state index contributed by atoms with van der Waals surface area (Å²) in [6, 6.07) is 5.22. The SMILES string of the molecule is C[C@@H](C(=O)N[C@H](C(=O)N1C[C@H]2CCCN2C[C@H]1C(=O)N[C@@H]1CCOc2ccccc21)C1CCCCC1)N(CCC(C)(C)C)C(=O)O. The standard InChI is InChI=1S/C35H53N5O6/c1-23(39(34(44)45)19-17-35(2,3)4)31(41)37-30(24-11-6-5-7-12-24)33(43)40-21-25-13-10-18-38(25)22-28(40)32(42)36-27-16-20-46-29-15-9-8-14-26(27)29/h8-9,14-15,23-25,27-28,30H,5-7,10-13,16-22H2,1-4H3,(H,36,42)(H,37,41)(H,44,45)/t23-,25+,27+,28-,30-/m0/s1. The number of ether oxygens (including phenoxy) is 1. The lowest BCUT2D eigenvalue weighted by atomic mass is 9.82. The number of hydrogen-bond acceptors (Lipinski definition) is 6. The van der Waals surface area contributed by atoms with Gasteiger partial charge in [0, 0.05) is 37.7 Å². The minimum Gasteiger partial charge on any atom is -0.493 e. The summed E-state index contributed by atoms with van der Waals surface area (Å²) in [5.74, 6) is -0.204. The zero-order valence-corrected chi connectivity index (χ0v) is 28.0. The van der Waals surface area contributed by atoms with Crippen molar-refractivity contribution in [3.8, 4) is 5.75 Å². The number of carbonyl (C=O) groups is 4. The summed E-state index contributed by atoms with van der Waals surface area (Å²) < 4.78 is 5.81. The molecule has 1 aliphatic carbocycles. The van der Waals surface area contributed by atoms with Gasteiger partial charge in [0.25, 0.3) is 0 Å². The van der Waals surface area contributed by atoms with Gasteiger partial charge in [0.2, 0.25) is 17.7 Å². The molecule has 1 aromatic rings. The molecule has 0 spiro atoms. The van der Waals surface area contributed by atoms with Crippen LogP contribution in [0.25, 0.3) is 0 Å². The molecule has 46 heavy (non-hydrogen) atoms. The zero-order chi connectivity index (χ0) is 33.0. The van der Waals surface area contributed by atoms with Gasteiger partial charge in [-0.05, 0) is 63.0 Å². The Morgan fingerprint density at radius 1 is 1.02 bits per heavy atom. The molecule has 1 aromatic carbocycles. The van der Waals surface area contributed by atoms with Gasteiger partial charge in [0.05, 0.1) is 12.6 Å². The van der Waals surface area contributed by atoms with Gasteiger partial charge in [-0.1, -0.05) is 58.2 Å². The van der Waals surface area contributed by atoms with E-state index in [9.17, 15) is 24.3 Å². The quantitative estimate of drug-likeness (QED) is 0.370. The van der Waals surface area contributed by atoms with Crippen molar-refractivity contribution >= 4 is 23.8 Å². The van der Waals surface area contributed by atoms with E-state index in [0.29, 0.717) is 32.5 Å².